The van der Waals surface area contributed by atoms with Gasteiger partial charge in [0.2, 0.25) is 0 Å². The maximum atomic E-state index is 8.40. The van der Waals surface area contributed by atoms with Crippen molar-refractivity contribution in [3.63, 3.8) is 0 Å². The predicted octanol–water partition coefficient (Wildman–Crippen LogP) is 2.71. The number of hydrogen-bond acceptors (Lipinski definition) is 1. The van der Waals surface area contributed by atoms with Crippen molar-refractivity contribution in [2.75, 3.05) is 0 Å². The van der Waals surface area contributed by atoms with Gasteiger partial charge in [0, 0.05) is 6.42 Å². The first-order chi connectivity index (χ1) is 5.86. The van der Waals surface area contributed by atoms with Crippen molar-refractivity contribution in [2.45, 2.75) is 26.2 Å². The zero-order valence-corrected chi connectivity index (χ0v) is 7.38. The van der Waals surface area contributed by atoms with Gasteiger partial charge in [-0.15, -0.1) is 0 Å². The smallest absolute Gasteiger partial charge is 0.0625 e. The Hall–Kier alpha value is -1.29. The molecule has 62 valence electrons. The van der Waals surface area contributed by atoms with E-state index in [4.69, 9.17) is 5.26 Å². The molecule has 0 atom stereocenters. The molecule has 1 nitrogen and oxygen atoms in total. The molecule has 1 rings (SSSR count). The van der Waals surface area contributed by atoms with Gasteiger partial charge in [-0.1, -0.05) is 31.2 Å². The van der Waals surface area contributed by atoms with E-state index in [2.05, 4.69) is 37.3 Å². The molecule has 0 spiro atoms. The number of rotatable bonds is 3. The minimum Gasteiger partial charge on any atom is -0.198 e. The van der Waals surface area contributed by atoms with Gasteiger partial charge < -0.3 is 0 Å². The fourth-order valence-corrected chi connectivity index (χ4v) is 1.21. The van der Waals surface area contributed by atoms with E-state index in [1.165, 1.54) is 11.1 Å². The molecule has 0 N–H and O–H groups in total. The molecule has 0 radical (unpaired) electrons. The second-order valence-corrected chi connectivity index (χ2v) is 2.83. The van der Waals surface area contributed by atoms with Gasteiger partial charge in [-0.3, -0.25) is 0 Å². The molecule has 1 heteroatoms. The molecule has 12 heavy (non-hydrogen) atoms. The van der Waals surface area contributed by atoms with Crippen LogP contribution in [0.1, 0.15) is 24.5 Å². The third-order valence-electron chi connectivity index (χ3n) is 1.93. The Morgan fingerprint density at radius 3 is 2.75 bits per heavy atom. The average Bonchev–Trinajstić information content (AvgIpc) is 2.15. The SMILES string of the molecule is CCc1cccc(CCC#N)c1. The number of nitriles is 1. The Balaban J connectivity index is 2.67. The van der Waals surface area contributed by atoms with Crippen LogP contribution in [0.2, 0.25) is 0 Å². The normalized spacial score (nSPS) is 9.33. The van der Waals surface area contributed by atoms with Crippen LogP contribution in [0, 0.1) is 11.3 Å². The van der Waals surface area contributed by atoms with Crippen molar-refractivity contribution in [1.82, 2.24) is 0 Å². The summed E-state index contributed by atoms with van der Waals surface area (Å²) in [5, 5.41) is 8.40. The van der Waals surface area contributed by atoms with Crippen LogP contribution in [-0.2, 0) is 12.8 Å². The minimum absolute atomic E-state index is 0.618. The van der Waals surface area contributed by atoms with E-state index in [0.29, 0.717) is 6.42 Å². The van der Waals surface area contributed by atoms with Gasteiger partial charge >= 0.3 is 0 Å². The summed E-state index contributed by atoms with van der Waals surface area (Å²) in [5.41, 5.74) is 2.63. The van der Waals surface area contributed by atoms with E-state index in [1.807, 2.05) is 0 Å². The van der Waals surface area contributed by atoms with Crippen molar-refractivity contribution in [3.05, 3.63) is 35.4 Å². The summed E-state index contributed by atoms with van der Waals surface area (Å²) in [7, 11) is 0. The third-order valence-corrected chi connectivity index (χ3v) is 1.93. The molecule has 0 unspecified atom stereocenters. The Bertz CT molecular complexity index is 283. The minimum atomic E-state index is 0.618. The van der Waals surface area contributed by atoms with Crippen molar-refractivity contribution in [1.29, 1.82) is 5.26 Å². The van der Waals surface area contributed by atoms with Gasteiger partial charge in [-0.2, -0.15) is 5.26 Å². The average molecular weight is 159 g/mol. The van der Waals surface area contributed by atoms with Crippen molar-refractivity contribution >= 4 is 0 Å². The van der Waals surface area contributed by atoms with Crippen LogP contribution in [0.3, 0.4) is 0 Å². The zero-order valence-electron chi connectivity index (χ0n) is 7.38. The fraction of sp³-hybridized carbons (Fsp3) is 0.364. The molecule has 0 saturated heterocycles. The lowest BCUT2D eigenvalue weighted by molar-refractivity contribution is 0.999. The van der Waals surface area contributed by atoms with Crippen LogP contribution in [-0.4, -0.2) is 0 Å². The van der Waals surface area contributed by atoms with Gasteiger partial charge in [-0.25, -0.2) is 0 Å². The topological polar surface area (TPSA) is 23.8 Å². The lowest BCUT2D eigenvalue weighted by atomic mass is 10.1. The van der Waals surface area contributed by atoms with Crippen LogP contribution in [0.5, 0.6) is 0 Å². The van der Waals surface area contributed by atoms with Gasteiger partial charge in [0.15, 0.2) is 0 Å². The van der Waals surface area contributed by atoms with Crippen LogP contribution in [0.4, 0.5) is 0 Å². The maximum Gasteiger partial charge on any atom is 0.0625 e. The highest BCUT2D eigenvalue weighted by Crippen LogP contribution is 2.07. The summed E-state index contributed by atoms with van der Waals surface area (Å²) < 4.78 is 0. The number of nitrogens with zero attached hydrogens (tertiary/aromatic N) is 1. The van der Waals surface area contributed by atoms with Crippen LogP contribution < -0.4 is 0 Å². The highest BCUT2D eigenvalue weighted by molar-refractivity contribution is 5.23. The van der Waals surface area contributed by atoms with E-state index in [9.17, 15) is 0 Å². The third kappa shape index (κ3) is 2.39. The molecular weight excluding hydrogens is 146 g/mol. The summed E-state index contributed by atoms with van der Waals surface area (Å²) >= 11 is 0. The van der Waals surface area contributed by atoms with Gasteiger partial charge in [0.1, 0.15) is 0 Å². The molecule has 1 aromatic carbocycles. The second-order valence-electron chi connectivity index (χ2n) is 2.83. The van der Waals surface area contributed by atoms with Crippen molar-refractivity contribution < 1.29 is 0 Å². The standard InChI is InChI=1S/C11H13N/c1-2-10-5-3-6-11(9-10)7-4-8-12/h3,5-6,9H,2,4,7H2,1H3. The summed E-state index contributed by atoms with van der Waals surface area (Å²) in [4.78, 5) is 0. The Morgan fingerprint density at radius 1 is 1.33 bits per heavy atom. The number of benzene rings is 1. The van der Waals surface area contributed by atoms with Crippen LogP contribution in [0.25, 0.3) is 0 Å². The number of hydrogen-bond donors (Lipinski definition) is 0. The lowest BCUT2D eigenvalue weighted by Crippen LogP contribution is -1.86. The predicted molar refractivity (Wildman–Crippen MR) is 49.8 cm³/mol. The molecule has 0 aromatic heterocycles. The Labute approximate surface area is 73.6 Å². The molecule has 0 heterocycles. The molecule has 0 bridgehead atoms. The monoisotopic (exact) mass is 159 g/mol. The van der Waals surface area contributed by atoms with Crippen LogP contribution in [0.15, 0.2) is 24.3 Å². The van der Waals surface area contributed by atoms with Gasteiger partial charge in [0.05, 0.1) is 6.07 Å². The molecule has 0 aliphatic heterocycles. The zero-order chi connectivity index (χ0) is 8.81. The number of aryl methyl sites for hydroxylation is 2. The first kappa shape index (κ1) is 8.80. The molecular formula is C11H13N. The van der Waals surface area contributed by atoms with E-state index >= 15 is 0 Å². The molecule has 0 aliphatic rings. The first-order valence-electron chi connectivity index (χ1n) is 4.31. The van der Waals surface area contributed by atoms with E-state index in [1.54, 1.807) is 0 Å². The van der Waals surface area contributed by atoms with E-state index in [0.717, 1.165) is 12.8 Å². The summed E-state index contributed by atoms with van der Waals surface area (Å²) in [6.07, 6.45) is 2.57. The Morgan fingerprint density at radius 2 is 2.08 bits per heavy atom. The highest BCUT2D eigenvalue weighted by Gasteiger charge is 1.93. The van der Waals surface area contributed by atoms with Crippen LogP contribution >= 0.6 is 0 Å². The molecule has 0 aliphatic carbocycles. The van der Waals surface area contributed by atoms with Crippen molar-refractivity contribution in [3.8, 4) is 6.07 Å². The maximum absolute atomic E-state index is 8.40. The molecule has 0 saturated carbocycles. The Kier molecular flexibility index (Phi) is 3.35. The fourth-order valence-electron chi connectivity index (χ4n) is 1.21. The van der Waals surface area contributed by atoms with Gasteiger partial charge in [-0.05, 0) is 24.0 Å². The van der Waals surface area contributed by atoms with Gasteiger partial charge in [0.25, 0.3) is 0 Å². The van der Waals surface area contributed by atoms with E-state index < -0.39 is 0 Å². The summed E-state index contributed by atoms with van der Waals surface area (Å²) in [6, 6.07) is 10.6. The van der Waals surface area contributed by atoms with E-state index in [-0.39, 0.29) is 0 Å². The van der Waals surface area contributed by atoms with Crippen molar-refractivity contribution in [2.24, 2.45) is 0 Å². The molecule has 0 amide bonds. The highest BCUT2D eigenvalue weighted by atomic mass is 14.2. The summed E-state index contributed by atoms with van der Waals surface area (Å²) in [5.74, 6) is 0. The lowest BCUT2D eigenvalue weighted by Gasteiger charge is -1.99. The summed E-state index contributed by atoms with van der Waals surface area (Å²) in [6.45, 7) is 2.14. The largest absolute Gasteiger partial charge is 0.198 e. The first-order valence-corrected chi connectivity index (χ1v) is 4.31. The molecule has 0 fully saturated rings. The second kappa shape index (κ2) is 4.56. The molecule has 1 aromatic rings. The quantitative estimate of drug-likeness (QED) is 0.665.